The molecule has 1 N–H and O–H groups in total. The molecule has 7 heteroatoms. The summed E-state index contributed by atoms with van der Waals surface area (Å²) >= 11 is 0. The van der Waals surface area contributed by atoms with Crippen LogP contribution in [0.3, 0.4) is 0 Å². The van der Waals surface area contributed by atoms with E-state index >= 15 is 0 Å². The van der Waals surface area contributed by atoms with Gasteiger partial charge in [-0.15, -0.1) is 6.58 Å². The van der Waals surface area contributed by atoms with E-state index in [1.165, 1.54) is 24.8 Å². The highest BCUT2D eigenvalue weighted by molar-refractivity contribution is 5.95. The largest absolute Gasteiger partial charge is 0.475 e. The van der Waals surface area contributed by atoms with Crippen LogP contribution >= 0.6 is 0 Å². The Morgan fingerprint density at radius 1 is 1.46 bits per heavy atom. The summed E-state index contributed by atoms with van der Waals surface area (Å²) in [5.41, 5.74) is 0.603. The molecule has 0 spiro atoms. The maximum Gasteiger partial charge on any atom is 0.350 e. The number of hydrogen-bond donors (Lipinski definition) is 1. The summed E-state index contributed by atoms with van der Waals surface area (Å²) in [6.07, 6.45) is -0.430. The van der Waals surface area contributed by atoms with Gasteiger partial charge in [0.1, 0.15) is 5.75 Å². The van der Waals surface area contributed by atoms with Gasteiger partial charge in [-0.1, -0.05) is 18.2 Å². The summed E-state index contributed by atoms with van der Waals surface area (Å²) in [6.45, 7) is 6.69. The normalized spacial score (nSPS) is 17.1. The Kier molecular flexibility index (Phi) is 5.57. The van der Waals surface area contributed by atoms with Gasteiger partial charge >= 0.3 is 5.97 Å². The summed E-state index contributed by atoms with van der Waals surface area (Å²) in [4.78, 5) is 37.3. The zero-order valence-electron chi connectivity index (χ0n) is 13.7. The van der Waals surface area contributed by atoms with E-state index in [1.54, 1.807) is 24.3 Å². The number of fused-ring (bicyclic) bond motifs is 1. The number of amides is 2. The number of rotatable bonds is 5. The molecule has 0 aromatic heterocycles. The lowest BCUT2D eigenvalue weighted by atomic mass is 10.2. The van der Waals surface area contributed by atoms with Crippen molar-refractivity contribution in [2.45, 2.75) is 26.1 Å². The van der Waals surface area contributed by atoms with Gasteiger partial charge in [0.15, 0.2) is 6.10 Å². The quantitative estimate of drug-likeness (QED) is 0.643. The van der Waals surface area contributed by atoms with Crippen LogP contribution in [-0.2, 0) is 19.1 Å². The monoisotopic (exact) mass is 332 g/mol. The molecule has 2 rings (SSSR count). The Morgan fingerprint density at radius 3 is 2.83 bits per heavy atom. The number of nitrogens with zero attached hydrogens (tertiary/aromatic N) is 1. The zero-order valence-corrected chi connectivity index (χ0v) is 13.7. The van der Waals surface area contributed by atoms with Gasteiger partial charge in [-0.3, -0.25) is 9.59 Å². The molecule has 0 fully saturated rings. The van der Waals surface area contributed by atoms with Crippen LogP contribution in [0.15, 0.2) is 36.9 Å². The smallest absolute Gasteiger partial charge is 0.350 e. The van der Waals surface area contributed by atoms with Crippen molar-refractivity contribution in [3.8, 4) is 5.75 Å². The molecule has 2 amide bonds. The maximum absolute atomic E-state index is 12.3. The number of carbonyl (C=O) groups is 3. The summed E-state index contributed by atoms with van der Waals surface area (Å²) in [6, 6.07) is 6.94. The van der Waals surface area contributed by atoms with E-state index in [2.05, 4.69) is 11.9 Å². The molecule has 7 nitrogen and oxygen atoms in total. The number of carbonyl (C=O) groups excluding carboxylic acids is 3. The highest BCUT2D eigenvalue weighted by Gasteiger charge is 2.34. The molecule has 1 heterocycles. The summed E-state index contributed by atoms with van der Waals surface area (Å²) in [5.74, 6) is -0.912. The topological polar surface area (TPSA) is 84.9 Å². The minimum absolute atomic E-state index is 0.0339. The Bertz CT molecular complexity index is 658. The molecule has 0 radical (unpaired) electrons. The second-order valence-electron chi connectivity index (χ2n) is 5.32. The fraction of sp³-hybridized carbons (Fsp3) is 0.353. The lowest BCUT2D eigenvalue weighted by Gasteiger charge is -2.33. The molecule has 2 atom stereocenters. The number of ether oxygens (including phenoxy) is 2. The second kappa shape index (κ2) is 7.63. The first-order valence-electron chi connectivity index (χ1n) is 7.57. The summed E-state index contributed by atoms with van der Waals surface area (Å²) < 4.78 is 10.8. The Hall–Kier alpha value is -2.83. The highest BCUT2D eigenvalue weighted by Crippen LogP contribution is 2.33. The van der Waals surface area contributed by atoms with Crippen molar-refractivity contribution in [1.82, 2.24) is 5.32 Å². The first-order chi connectivity index (χ1) is 11.4. The molecule has 1 aromatic carbocycles. The van der Waals surface area contributed by atoms with E-state index in [9.17, 15) is 14.4 Å². The second-order valence-corrected chi connectivity index (χ2v) is 5.32. The molecule has 0 unspecified atom stereocenters. The standard InChI is InChI=1S/C17H20N2O5/c1-4-9-18-16(21)11(2)23-17(22)15-10-19(12(3)20)13-7-5-6-8-14(13)24-15/h4-8,11,15H,1,9-10H2,2-3H3,(H,18,21)/t11-,15-/m1/s1. The molecular formula is C17H20N2O5. The molecular weight excluding hydrogens is 312 g/mol. The third-order valence-corrected chi connectivity index (χ3v) is 3.50. The van der Waals surface area contributed by atoms with E-state index in [0.29, 0.717) is 11.4 Å². The van der Waals surface area contributed by atoms with Gasteiger partial charge < -0.3 is 19.7 Å². The van der Waals surface area contributed by atoms with Gasteiger partial charge in [-0.25, -0.2) is 4.79 Å². The van der Waals surface area contributed by atoms with Gasteiger partial charge in [0.05, 0.1) is 12.2 Å². The fourth-order valence-corrected chi connectivity index (χ4v) is 2.28. The third kappa shape index (κ3) is 3.92. The first kappa shape index (κ1) is 17.5. The predicted octanol–water partition coefficient (Wildman–Crippen LogP) is 1.03. The van der Waals surface area contributed by atoms with E-state index in [-0.39, 0.29) is 19.0 Å². The predicted molar refractivity (Wildman–Crippen MR) is 87.6 cm³/mol. The van der Waals surface area contributed by atoms with Crippen molar-refractivity contribution >= 4 is 23.5 Å². The Morgan fingerprint density at radius 2 is 2.17 bits per heavy atom. The van der Waals surface area contributed by atoms with Crippen molar-refractivity contribution in [1.29, 1.82) is 0 Å². The van der Waals surface area contributed by atoms with Gasteiger partial charge in [-0.05, 0) is 19.1 Å². The summed E-state index contributed by atoms with van der Waals surface area (Å²) in [5, 5.41) is 2.54. The Labute approximate surface area is 140 Å². The van der Waals surface area contributed by atoms with Crippen molar-refractivity contribution in [2.75, 3.05) is 18.0 Å². The minimum atomic E-state index is -0.988. The average Bonchev–Trinajstić information content (AvgIpc) is 2.58. The zero-order chi connectivity index (χ0) is 17.7. The minimum Gasteiger partial charge on any atom is -0.475 e. The highest BCUT2D eigenvalue weighted by atomic mass is 16.6. The molecule has 1 aromatic rings. The van der Waals surface area contributed by atoms with Crippen molar-refractivity contribution in [2.24, 2.45) is 0 Å². The van der Waals surface area contributed by atoms with Gasteiger partial charge in [0.2, 0.25) is 12.0 Å². The van der Waals surface area contributed by atoms with Crippen LogP contribution in [0, 0.1) is 0 Å². The molecule has 0 saturated carbocycles. The van der Waals surface area contributed by atoms with Crippen LogP contribution in [-0.4, -0.2) is 43.1 Å². The molecule has 1 aliphatic heterocycles. The molecule has 0 saturated heterocycles. The van der Waals surface area contributed by atoms with Crippen molar-refractivity contribution < 1.29 is 23.9 Å². The number of esters is 1. The fourth-order valence-electron chi connectivity index (χ4n) is 2.28. The third-order valence-electron chi connectivity index (χ3n) is 3.50. The van der Waals surface area contributed by atoms with E-state index in [1.807, 2.05) is 0 Å². The average molecular weight is 332 g/mol. The van der Waals surface area contributed by atoms with Gasteiger partial charge in [-0.2, -0.15) is 0 Å². The van der Waals surface area contributed by atoms with Crippen LogP contribution in [0.5, 0.6) is 5.75 Å². The van der Waals surface area contributed by atoms with Gasteiger partial charge in [0, 0.05) is 13.5 Å². The number of anilines is 1. The molecule has 0 aliphatic carbocycles. The molecule has 1 aliphatic rings. The van der Waals surface area contributed by atoms with E-state index < -0.39 is 24.1 Å². The SMILES string of the molecule is C=CCNC(=O)[C@@H](C)OC(=O)[C@H]1CN(C(C)=O)c2ccccc2O1. The number of hydrogen-bond acceptors (Lipinski definition) is 5. The molecule has 0 bridgehead atoms. The number of nitrogens with one attached hydrogen (secondary N) is 1. The number of para-hydroxylation sites is 2. The molecule has 24 heavy (non-hydrogen) atoms. The van der Waals surface area contributed by atoms with Crippen LogP contribution in [0.4, 0.5) is 5.69 Å². The summed E-state index contributed by atoms with van der Waals surface area (Å²) in [7, 11) is 0. The van der Waals surface area contributed by atoms with Crippen LogP contribution in [0.2, 0.25) is 0 Å². The van der Waals surface area contributed by atoms with Crippen LogP contribution in [0.25, 0.3) is 0 Å². The van der Waals surface area contributed by atoms with Crippen molar-refractivity contribution in [3.63, 3.8) is 0 Å². The van der Waals surface area contributed by atoms with E-state index in [0.717, 1.165) is 0 Å². The van der Waals surface area contributed by atoms with Gasteiger partial charge in [0.25, 0.3) is 5.91 Å². The Balaban J connectivity index is 2.07. The van der Waals surface area contributed by atoms with Crippen LogP contribution in [0.1, 0.15) is 13.8 Å². The lowest BCUT2D eigenvalue weighted by molar-refractivity contribution is -0.161. The van der Waals surface area contributed by atoms with E-state index in [4.69, 9.17) is 9.47 Å². The molecule has 128 valence electrons. The lowest BCUT2D eigenvalue weighted by Crippen LogP contribution is -2.48. The maximum atomic E-state index is 12.3. The van der Waals surface area contributed by atoms with Crippen molar-refractivity contribution in [3.05, 3.63) is 36.9 Å². The van der Waals surface area contributed by atoms with Crippen LogP contribution < -0.4 is 15.0 Å². The first-order valence-corrected chi connectivity index (χ1v) is 7.57. The number of benzene rings is 1.